The third-order valence-electron chi connectivity index (χ3n) is 5.40. The van der Waals surface area contributed by atoms with E-state index in [-0.39, 0.29) is 0 Å². The van der Waals surface area contributed by atoms with Crippen molar-refractivity contribution in [1.29, 1.82) is 0 Å². The van der Waals surface area contributed by atoms with Crippen LogP contribution in [0.15, 0.2) is 0 Å². The van der Waals surface area contributed by atoms with Crippen LogP contribution in [-0.2, 0) is 0 Å². The van der Waals surface area contributed by atoms with Crippen LogP contribution in [0.3, 0.4) is 0 Å². The van der Waals surface area contributed by atoms with Gasteiger partial charge in [0, 0.05) is 24.2 Å². The lowest BCUT2D eigenvalue weighted by Gasteiger charge is -2.52. The highest BCUT2D eigenvalue weighted by atomic mass is 15.3. The molecule has 0 radical (unpaired) electrons. The monoisotopic (exact) mass is 252 g/mol. The molecule has 1 aliphatic heterocycles. The first kappa shape index (κ1) is 14.3. The average molecular weight is 252 g/mol. The maximum Gasteiger partial charge on any atom is 0.0309 e. The van der Waals surface area contributed by atoms with E-state index < -0.39 is 0 Å². The lowest BCUT2D eigenvalue weighted by Crippen LogP contribution is -2.68. The normalized spacial score (nSPS) is 32.5. The summed E-state index contributed by atoms with van der Waals surface area (Å²) in [7, 11) is 0. The van der Waals surface area contributed by atoms with Gasteiger partial charge in [0.05, 0.1) is 0 Å². The van der Waals surface area contributed by atoms with Crippen molar-refractivity contribution in [3.8, 4) is 0 Å². The number of rotatable bonds is 4. The van der Waals surface area contributed by atoms with Crippen molar-refractivity contribution in [3.05, 3.63) is 0 Å². The molecule has 1 aliphatic carbocycles. The minimum atomic E-state index is 0.378. The van der Waals surface area contributed by atoms with Crippen molar-refractivity contribution >= 4 is 0 Å². The minimum Gasteiger partial charge on any atom is -0.308 e. The first-order valence-corrected chi connectivity index (χ1v) is 8.00. The molecule has 1 unspecified atom stereocenters. The number of hydrogen-bond acceptors (Lipinski definition) is 2. The third kappa shape index (κ3) is 2.91. The van der Waals surface area contributed by atoms with Crippen LogP contribution in [-0.4, -0.2) is 35.6 Å². The van der Waals surface area contributed by atoms with Crippen molar-refractivity contribution in [2.24, 2.45) is 5.92 Å². The van der Waals surface area contributed by atoms with Crippen molar-refractivity contribution in [2.45, 2.75) is 77.3 Å². The van der Waals surface area contributed by atoms with Crippen LogP contribution in [0.2, 0.25) is 0 Å². The van der Waals surface area contributed by atoms with Crippen molar-refractivity contribution < 1.29 is 0 Å². The first-order chi connectivity index (χ1) is 8.50. The summed E-state index contributed by atoms with van der Waals surface area (Å²) in [5, 5.41) is 3.91. The highest BCUT2D eigenvalue weighted by Gasteiger charge is 2.44. The standard InChI is InChI=1S/C16H32N2/c1-5-15(4)12-17-16(9-6-7-10-16)13-18(15)11-8-14(2)3/h14,17H,5-13H2,1-4H3. The maximum absolute atomic E-state index is 3.91. The zero-order valence-electron chi connectivity index (χ0n) is 12.9. The molecule has 2 rings (SSSR count). The van der Waals surface area contributed by atoms with Crippen molar-refractivity contribution in [3.63, 3.8) is 0 Å². The highest BCUT2D eigenvalue weighted by molar-refractivity contribution is 5.05. The molecule has 1 saturated carbocycles. The molecule has 0 aromatic carbocycles. The smallest absolute Gasteiger partial charge is 0.0309 e. The Bertz CT molecular complexity index is 268. The van der Waals surface area contributed by atoms with Gasteiger partial charge in [0.15, 0.2) is 0 Å². The fourth-order valence-corrected chi connectivity index (χ4v) is 3.60. The first-order valence-electron chi connectivity index (χ1n) is 8.00. The zero-order chi connectivity index (χ0) is 13.2. The maximum atomic E-state index is 3.91. The van der Waals surface area contributed by atoms with E-state index in [1.165, 1.54) is 58.2 Å². The SMILES string of the molecule is CCC1(C)CNC2(CCCC2)CN1CCC(C)C. The van der Waals surface area contributed by atoms with E-state index in [2.05, 4.69) is 37.9 Å². The minimum absolute atomic E-state index is 0.378. The fraction of sp³-hybridized carbons (Fsp3) is 1.00. The van der Waals surface area contributed by atoms with Gasteiger partial charge in [-0.15, -0.1) is 0 Å². The van der Waals surface area contributed by atoms with Gasteiger partial charge in [-0.05, 0) is 45.1 Å². The van der Waals surface area contributed by atoms with E-state index in [0.717, 1.165) is 5.92 Å². The summed E-state index contributed by atoms with van der Waals surface area (Å²) in [6.45, 7) is 13.2. The van der Waals surface area contributed by atoms with Gasteiger partial charge in [0.2, 0.25) is 0 Å². The average Bonchev–Trinajstić information content (AvgIpc) is 2.79. The molecule has 1 saturated heterocycles. The lowest BCUT2D eigenvalue weighted by atomic mass is 9.84. The van der Waals surface area contributed by atoms with Crippen LogP contribution in [0.25, 0.3) is 0 Å². The van der Waals surface area contributed by atoms with Crippen LogP contribution in [0.5, 0.6) is 0 Å². The summed E-state index contributed by atoms with van der Waals surface area (Å²) in [5.74, 6) is 0.820. The van der Waals surface area contributed by atoms with Gasteiger partial charge in [-0.25, -0.2) is 0 Å². The predicted molar refractivity (Wildman–Crippen MR) is 78.9 cm³/mol. The van der Waals surface area contributed by atoms with Gasteiger partial charge in [-0.3, -0.25) is 4.90 Å². The van der Waals surface area contributed by atoms with Gasteiger partial charge in [-0.1, -0.05) is 33.6 Å². The topological polar surface area (TPSA) is 15.3 Å². The molecule has 2 fully saturated rings. The van der Waals surface area contributed by atoms with Gasteiger partial charge >= 0.3 is 0 Å². The molecule has 1 heterocycles. The number of nitrogens with one attached hydrogen (secondary N) is 1. The van der Waals surface area contributed by atoms with Gasteiger partial charge in [-0.2, -0.15) is 0 Å². The quantitative estimate of drug-likeness (QED) is 0.825. The Morgan fingerprint density at radius 3 is 2.44 bits per heavy atom. The molecular weight excluding hydrogens is 220 g/mol. The van der Waals surface area contributed by atoms with Gasteiger partial charge in [0.1, 0.15) is 0 Å². The Balaban J connectivity index is 2.03. The van der Waals surface area contributed by atoms with Gasteiger partial charge in [0.25, 0.3) is 0 Å². The van der Waals surface area contributed by atoms with E-state index in [1.54, 1.807) is 0 Å². The zero-order valence-corrected chi connectivity index (χ0v) is 12.9. The van der Waals surface area contributed by atoms with Crippen molar-refractivity contribution in [1.82, 2.24) is 10.2 Å². The van der Waals surface area contributed by atoms with Gasteiger partial charge < -0.3 is 5.32 Å². The summed E-state index contributed by atoms with van der Waals surface area (Å²) in [6, 6.07) is 0. The lowest BCUT2D eigenvalue weighted by molar-refractivity contribution is 0.0113. The summed E-state index contributed by atoms with van der Waals surface area (Å²) >= 11 is 0. The largest absolute Gasteiger partial charge is 0.308 e. The predicted octanol–water partition coefficient (Wildman–Crippen LogP) is 3.42. The van der Waals surface area contributed by atoms with Crippen LogP contribution < -0.4 is 5.32 Å². The second-order valence-electron chi connectivity index (χ2n) is 7.30. The Morgan fingerprint density at radius 1 is 1.22 bits per heavy atom. The highest BCUT2D eigenvalue weighted by Crippen LogP contribution is 2.36. The van der Waals surface area contributed by atoms with E-state index in [0.29, 0.717) is 11.1 Å². The van der Waals surface area contributed by atoms with Crippen LogP contribution in [0.4, 0.5) is 0 Å². The van der Waals surface area contributed by atoms with E-state index in [1.807, 2.05) is 0 Å². The molecular formula is C16H32N2. The van der Waals surface area contributed by atoms with Crippen LogP contribution >= 0.6 is 0 Å². The summed E-state index contributed by atoms with van der Waals surface area (Å²) in [6.07, 6.45) is 8.23. The summed E-state index contributed by atoms with van der Waals surface area (Å²) in [4.78, 5) is 2.80. The second-order valence-corrected chi connectivity index (χ2v) is 7.30. The third-order valence-corrected chi connectivity index (χ3v) is 5.40. The molecule has 2 nitrogen and oxygen atoms in total. The van der Waals surface area contributed by atoms with E-state index >= 15 is 0 Å². The van der Waals surface area contributed by atoms with Crippen LogP contribution in [0, 0.1) is 5.92 Å². The number of hydrogen-bond donors (Lipinski definition) is 1. The molecule has 1 atom stereocenters. The van der Waals surface area contributed by atoms with E-state index in [4.69, 9.17) is 0 Å². The molecule has 0 aromatic rings. The molecule has 0 amide bonds. The molecule has 1 N–H and O–H groups in total. The Kier molecular flexibility index (Phi) is 4.38. The second kappa shape index (κ2) is 5.50. The summed E-state index contributed by atoms with van der Waals surface area (Å²) < 4.78 is 0. The number of piperazine rings is 1. The molecule has 106 valence electrons. The fourth-order valence-electron chi connectivity index (χ4n) is 3.60. The van der Waals surface area contributed by atoms with Crippen LogP contribution in [0.1, 0.15) is 66.2 Å². The molecule has 0 bridgehead atoms. The number of nitrogens with zero attached hydrogens (tertiary/aromatic N) is 1. The Morgan fingerprint density at radius 2 is 1.89 bits per heavy atom. The molecule has 0 aromatic heterocycles. The van der Waals surface area contributed by atoms with Crippen molar-refractivity contribution in [2.75, 3.05) is 19.6 Å². The van der Waals surface area contributed by atoms with E-state index in [9.17, 15) is 0 Å². The summed E-state index contributed by atoms with van der Waals surface area (Å²) in [5.41, 5.74) is 0.842. The molecule has 2 aliphatic rings. The Labute approximate surface area is 114 Å². The molecule has 1 spiro atoms. The Hall–Kier alpha value is -0.0800. The molecule has 2 heteroatoms. The molecule has 18 heavy (non-hydrogen) atoms.